The average molecular weight is 322 g/mol. The molecule has 0 saturated heterocycles. The number of rotatable bonds is 2. The van der Waals surface area contributed by atoms with Gasteiger partial charge < -0.3 is 5.32 Å². The SMILES string of the molecule is Cc1ccc(Br)c(NC2CCC3CCCCC3C2)c1. The Labute approximate surface area is 125 Å². The molecule has 3 unspecified atom stereocenters. The Kier molecular flexibility index (Phi) is 4.16. The first-order valence-electron chi connectivity index (χ1n) is 7.75. The summed E-state index contributed by atoms with van der Waals surface area (Å²) in [5.41, 5.74) is 2.61. The van der Waals surface area contributed by atoms with Crippen LogP contribution in [-0.2, 0) is 0 Å². The third kappa shape index (κ3) is 3.16. The van der Waals surface area contributed by atoms with Crippen molar-refractivity contribution in [1.82, 2.24) is 0 Å². The molecule has 1 aromatic carbocycles. The first-order chi connectivity index (χ1) is 9.22. The number of fused-ring (bicyclic) bond motifs is 1. The fourth-order valence-electron chi connectivity index (χ4n) is 3.97. The van der Waals surface area contributed by atoms with Gasteiger partial charge in [0.05, 0.1) is 0 Å². The second-order valence-electron chi connectivity index (χ2n) is 6.44. The van der Waals surface area contributed by atoms with Crippen LogP contribution in [0.15, 0.2) is 22.7 Å². The largest absolute Gasteiger partial charge is 0.381 e. The minimum absolute atomic E-state index is 0.678. The van der Waals surface area contributed by atoms with Crippen LogP contribution in [0.25, 0.3) is 0 Å². The summed E-state index contributed by atoms with van der Waals surface area (Å²) in [5, 5.41) is 3.78. The standard InChI is InChI=1S/C17H24BrN/c1-12-6-9-16(18)17(10-12)19-15-8-7-13-4-2-3-5-14(13)11-15/h6,9-10,13-15,19H,2-5,7-8,11H2,1H3. The van der Waals surface area contributed by atoms with Crippen LogP contribution in [0.4, 0.5) is 5.69 Å². The lowest BCUT2D eigenvalue weighted by atomic mass is 9.69. The Morgan fingerprint density at radius 2 is 1.84 bits per heavy atom. The van der Waals surface area contributed by atoms with Crippen molar-refractivity contribution in [3.8, 4) is 0 Å². The van der Waals surface area contributed by atoms with Gasteiger partial charge in [-0.3, -0.25) is 0 Å². The zero-order valence-electron chi connectivity index (χ0n) is 11.8. The molecular formula is C17H24BrN. The van der Waals surface area contributed by atoms with E-state index >= 15 is 0 Å². The highest BCUT2D eigenvalue weighted by Gasteiger charge is 2.32. The van der Waals surface area contributed by atoms with Gasteiger partial charge in [-0.05, 0) is 71.6 Å². The second-order valence-corrected chi connectivity index (χ2v) is 7.30. The van der Waals surface area contributed by atoms with Gasteiger partial charge in [-0.15, -0.1) is 0 Å². The van der Waals surface area contributed by atoms with Crippen LogP contribution in [-0.4, -0.2) is 6.04 Å². The van der Waals surface area contributed by atoms with Gasteiger partial charge in [0.15, 0.2) is 0 Å². The van der Waals surface area contributed by atoms with Crippen molar-refractivity contribution in [2.45, 2.75) is 57.9 Å². The summed E-state index contributed by atoms with van der Waals surface area (Å²) in [6.45, 7) is 2.16. The van der Waals surface area contributed by atoms with Crippen LogP contribution in [0.5, 0.6) is 0 Å². The maximum absolute atomic E-state index is 3.78. The summed E-state index contributed by atoms with van der Waals surface area (Å²) in [6, 6.07) is 7.26. The predicted octanol–water partition coefficient (Wildman–Crippen LogP) is 5.53. The van der Waals surface area contributed by atoms with Crippen molar-refractivity contribution >= 4 is 21.6 Å². The van der Waals surface area contributed by atoms with Gasteiger partial charge >= 0.3 is 0 Å². The lowest BCUT2D eigenvalue weighted by Crippen LogP contribution is -2.34. The monoisotopic (exact) mass is 321 g/mol. The topological polar surface area (TPSA) is 12.0 Å². The minimum atomic E-state index is 0.678. The molecule has 0 aromatic heterocycles. The first-order valence-corrected chi connectivity index (χ1v) is 8.54. The number of aryl methyl sites for hydroxylation is 1. The Hall–Kier alpha value is -0.500. The van der Waals surface area contributed by atoms with Gasteiger partial charge in [-0.25, -0.2) is 0 Å². The van der Waals surface area contributed by atoms with Crippen LogP contribution < -0.4 is 5.32 Å². The quantitative estimate of drug-likeness (QED) is 0.755. The van der Waals surface area contributed by atoms with E-state index in [1.807, 2.05) is 0 Å². The Bertz CT molecular complexity index is 443. The van der Waals surface area contributed by atoms with Crippen molar-refractivity contribution in [1.29, 1.82) is 0 Å². The molecule has 2 heteroatoms. The van der Waals surface area contributed by atoms with Crippen LogP contribution >= 0.6 is 15.9 Å². The highest BCUT2D eigenvalue weighted by atomic mass is 79.9. The lowest BCUT2D eigenvalue weighted by Gasteiger charge is -2.40. The summed E-state index contributed by atoms with van der Waals surface area (Å²) in [6.07, 6.45) is 10.1. The third-order valence-corrected chi connectivity index (χ3v) is 5.71. The molecule has 0 heterocycles. The van der Waals surface area contributed by atoms with E-state index in [1.165, 1.54) is 60.7 Å². The molecule has 0 amide bonds. The normalized spacial score (nSPS) is 30.7. The van der Waals surface area contributed by atoms with Gasteiger partial charge in [0, 0.05) is 16.2 Å². The summed E-state index contributed by atoms with van der Waals surface area (Å²) in [4.78, 5) is 0. The molecular weight excluding hydrogens is 298 g/mol. The number of hydrogen-bond acceptors (Lipinski definition) is 1. The molecule has 0 spiro atoms. The summed E-state index contributed by atoms with van der Waals surface area (Å²) in [7, 11) is 0. The summed E-state index contributed by atoms with van der Waals surface area (Å²) < 4.78 is 1.20. The molecule has 19 heavy (non-hydrogen) atoms. The van der Waals surface area contributed by atoms with Crippen molar-refractivity contribution in [2.75, 3.05) is 5.32 Å². The average Bonchev–Trinajstić information content (AvgIpc) is 2.43. The van der Waals surface area contributed by atoms with Gasteiger partial charge in [0.2, 0.25) is 0 Å². The van der Waals surface area contributed by atoms with Crippen LogP contribution in [0.3, 0.4) is 0 Å². The zero-order valence-corrected chi connectivity index (χ0v) is 13.4. The summed E-state index contributed by atoms with van der Waals surface area (Å²) in [5.74, 6) is 2.02. The lowest BCUT2D eigenvalue weighted by molar-refractivity contribution is 0.162. The number of benzene rings is 1. The first kappa shape index (κ1) is 13.5. The maximum Gasteiger partial charge on any atom is 0.0489 e. The van der Waals surface area contributed by atoms with Gasteiger partial charge in [-0.1, -0.05) is 31.7 Å². The van der Waals surface area contributed by atoms with E-state index in [0.29, 0.717) is 6.04 Å². The predicted molar refractivity (Wildman–Crippen MR) is 85.6 cm³/mol. The van der Waals surface area contributed by atoms with E-state index in [0.717, 1.165) is 11.8 Å². The zero-order chi connectivity index (χ0) is 13.2. The van der Waals surface area contributed by atoms with Crippen molar-refractivity contribution in [3.05, 3.63) is 28.2 Å². The molecule has 2 aliphatic rings. The minimum Gasteiger partial charge on any atom is -0.381 e. The number of halogens is 1. The fraction of sp³-hybridized carbons (Fsp3) is 0.647. The molecule has 0 aliphatic heterocycles. The van der Waals surface area contributed by atoms with E-state index < -0.39 is 0 Å². The molecule has 3 atom stereocenters. The van der Waals surface area contributed by atoms with Gasteiger partial charge in [0.1, 0.15) is 0 Å². The molecule has 1 N–H and O–H groups in total. The van der Waals surface area contributed by atoms with E-state index in [1.54, 1.807) is 0 Å². The van der Waals surface area contributed by atoms with Crippen LogP contribution in [0, 0.1) is 18.8 Å². The molecule has 1 nitrogen and oxygen atoms in total. The smallest absolute Gasteiger partial charge is 0.0489 e. The van der Waals surface area contributed by atoms with Crippen LogP contribution in [0.2, 0.25) is 0 Å². The van der Waals surface area contributed by atoms with Crippen LogP contribution in [0.1, 0.15) is 50.5 Å². The number of hydrogen-bond donors (Lipinski definition) is 1. The van der Waals surface area contributed by atoms with Crippen molar-refractivity contribution < 1.29 is 0 Å². The van der Waals surface area contributed by atoms with E-state index in [-0.39, 0.29) is 0 Å². The van der Waals surface area contributed by atoms with Gasteiger partial charge in [0.25, 0.3) is 0 Å². The second kappa shape index (κ2) is 5.87. The molecule has 104 valence electrons. The molecule has 2 fully saturated rings. The molecule has 0 radical (unpaired) electrons. The maximum atomic E-state index is 3.78. The van der Waals surface area contributed by atoms with E-state index in [9.17, 15) is 0 Å². The fourth-order valence-corrected chi connectivity index (χ4v) is 4.34. The third-order valence-electron chi connectivity index (χ3n) is 5.02. The molecule has 2 saturated carbocycles. The molecule has 3 rings (SSSR count). The molecule has 0 bridgehead atoms. The van der Waals surface area contributed by atoms with Crippen molar-refractivity contribution in [2.24, 2.45) is 11.8 Å². The molecule has 1 aromatic rings. The summed E-state index contributed by atoms with van der Waals surface area (Å²) >= 11 is 3.66. The highest BCUT2D eigenvalue weighted by molar-refractivity contribution is 9.10. The Morgan fingerprint density at radius 1 is 1.05 bits per heavy atom. The van der Waals surface area contributed by atoms with E-state index in [4.69, 9.17) is 0 Å². The Morgan fingerprint density at radius 3 is 2.68 bits per heavy atom. The number of anilines is 1. The van der Waals surface area contributed by atoms with E-state index in [2.05, 4.69) is 46.4 Å². The highest BCUT2D eigenvalue weighted by Crippen LogP contribution is 2.41. The number of nitrogens with one attached hydrogen (secondary N) is 1. The van der Waals surface area contributed by atoms with Gasteiger partial charge in [-0.2, -0.15) is 0 Å². The Balaban J connectivity index is 1.65. The van der Waals surface area contributed by atoms with Crippen molar-refractivity contribution in [3.63, 3.8) is 0 Å². The molecule has 2 aliphatic carbocycles.